The molecule has 0 aliphatic carbocycles. The molecule has 0 saturated carbocycles. The van der Waals surface area contributed by atoms with E-state index in [0.29, 0.717) is 11.5 Å². The van der Waals surface area contributed by atoms with E-state index < -0.39 is 10.0 Å². The third-order valence-electron chi connectivity index (χ3n) is 4.98. The molecule has 1 atom stereocenters. The SMILES string of the molecule is CC1CCCN(C(=O)c2cccc(S(=O)(=O)N(C)Cc3ccccc3)c2)C1. The number of carbonyl (C=O) groups excluding carboxylic acids is 1. The van der Waals surface area contributed by atoms with Crippen LogP contribution in [0.25, 0.3) is 0 Å². The van der Waals surface area contributed by atoms with Gasteiger partial charge in [-0.2, -0.15) is 4.31 Å². The van der Waals surface area contributed by atoms with E-state index in [1.165, 1.54) is 10.4 Å². The van der Waals surface area contributed by atoms with Crippen molar-refractivity contribution < 1.29 is 13.2 Å². The van der Waals surface area contributed by atoms with Crippen LogP contribution in [0.4, 0.5) is 0 Å². The fourth-order valence-electron chi connectivity index (χ4n) is 3.45. The first-order valence-corrected chi connectivity index (χ1v) is 10.7. The van der Waals surface area contributed by atoms with Crippen LogP contribution >= 0.6 is 0 Å². The minimum atomic E-state index is -3.67. The highest BCUT2D eigenvalue weighted by molar-refractivity contribution is 7.89. The summed E-state index contributed by atoms with van der Waals surface area (Å²) in [6.07, 6.45) is 2.12. The van der Waals surface area contributed by atoms with E-state index in [2.05, 4.69) is 6.92 Å². The molecule has 0 N–H and O–H groups in total. The van der Waals surface area contributed by atoms with Crippen molar-refractivity contribution in [2.24, 2.45) is 5.92 Å². The monoisotopic (exact) mass is 386 g/mol. The molecule has 3 rings (SSSR count). The first-order chi connectivity index (χ1) is 12.9. The summed E-state index contributed by atoms with van der Waals surface area (Å²) in [5.41, 5.74) is 1.34. The average molecular weight is 387 g/mol. The summed E-state index contributed by atoms with van der Waals surface area (Å²) < 4.78 is 27.2. The van der Waals surface area contributed by atoms with Gasteiger partial charge in [-0.05, 0) is 42.5 Å². The van der Waals surface area contributed by atoms with E-state index in [0.717, 1.165) is 31.5 Å². The molecule has 0 spiro atoms. The van der Waals surface area contributed by atoms with Gasteiger partial charge < -0.3 is 4.90 Å². The molecule has 0 radical (unpaired) electrons. The number of amides is 1. The zero-order chi connectivity index (χ0) is 19.4. The Bertz CT molecular complexity index is 897. The summed E-state index contributed by atoms with van der Waals surface area (Å²) in [4.78, 5) is 14.8. The van der Waals surface area contributed by atoms with Gasteiger partial charge in [-0.25, -0.2) is 8.42 Å². The molecule has 1 unspecified atom stereocenters. The number of carbonyl (C=O) groups is 1. The van der Waals surface area contributed by atoms with Crippen molar-refractivity contribution in [2.75, 3.05) is 20.1 Å². The summed E-state index contributed by atoms with van der Waals surface area (Å²) in [7, 11) is -2.11. The number of piperidine rings is 1. The Morgan fingerprint density at radius 1 is 1.15 bits per heavy atom. The van der Waals surface area contributed by atoms with Crippen LogP contribution < -0.4 is 0 Å². The number of likely N-dealkylation sites (tertiary alicyclic amines) is 1. The Hall–Kier alpha value is -2.18. The molecular formula is C21H26N2O3S. The summed E-state index contributed by atoms with van der Waals surface area (Å²) in [6.45, 7) is 3.88. The van der Waals surface area contributed by atoms with Gasteiger partial charge >= 0.3 is 0 Å². The van der Waals surface area contributed by atoms with Gasteiger partial charge in [0.05, 0.1) is 4.90 Å². The lowest BCUT2D eigenvalue weighted by Crippen LogP contribution is -2.39. The Morgan fingerprint density at radius 3 is 2.59 bits per heavy atom. The van der Waals surface area contributed by atoms with Crippen LogP contribution in [0.15, 0.2) is 59.5 Å². The maximum atomic E-state index is 12.9. The van der Waals surface area contributed by atoms with Crippen LogP contribution in [0, 0.1) is 5.92 Å². The molecule has 2 aromatic rings. The van der Waals surface area contributed by atoms with Crippen LogP contribution in [0.1, 0.15) is 35.7 Å². The minimum Gasteiger partial charge on any atom is -0.338 e. The molecule has 1 aliphatic rings. The van der Waals surface area contributed by atoms with Gasteiger partial charge in [0.25, 0.3) is 5.91 Å². The average Bonchev–Trinajstić information content (AvgIpc) is 2.68. The highest BCUT2D eigenvalue weighted by Crippen LogP contribution is 2.21. The first-order valence-electron chi connectivity index (χ1n) is 9.27. The number of rotatable bonds is 5. The van der Waals surface area contributed by atoms with Crippen molar-refractivity contribution in [1.82, 2.24) is 9.21 Å². The molecule has 6 heteroatoms. The summed E-state index contributed by atoms with van der Waals surface area (Å²) in [5.74, 6) is 0.385. The maximum Gasteiger partial charge on any atom is 0.253 e. The first kappa shape index (κ1) is 19.6. The van der Waals surface area contributed by atoms with Gasteiger partial charge in [0.1, 0.15) is 0 Å². The van der Waals surface area contributed by atoms with E-state index >= 15 is 0 Å². The van der Waals surface area contributed by atoms with E-state index in [1.807, 2.05) is 35.2 Å². The third kappa shape index (κ3) is 4.57. The fraction of sp³-hybridized carbons (Fsp3) is 0.381. The van der Waals surface area contributed by atoms with E-state index in [9.17, 15) is 13.2 Å². The number of sulfonamides is 1. The van der Waals surface area contributed by atoms with E-state index in [4.69, 9.17) is 0 Å². The Kier molecular flexibility index (Phi) is 5.97. The molecule has 1 saturated heterocycles. The van der Waals surface area contributed by atoms with Crippen molar-refractivity contribution in [2.45, 2.75) is 31.2 Å². The second-order valence-electron chi connectivity index (χ2n) is 7.27. The van der Waals surface area contributed by atoms with Crippen LogP contribution in [0.5, 0.6) is 0 Å². The predicted molar refractivity (Wildman–Crippen MR) is 106 cm³/mol. The molecule has 1 heterocycles. The molecule has 0 aromatic heterocycles. The molecule has 0 bridgehead atoms. The number of hydrogen-bond acceptors (Lipinski definition) is 3. The lowest BCUT2D eigenvalue weighted by molar-refractivity contribution is 0.0683. The smallest absolute Gasteiger partial charge is 0.253 e. The predicted octanol–water partition coefficient (Wildman–Crippen LogP) is 3.38. The van der Waals surface area contributed by atoms with Crippen LogP contribution in [-0.4, -0.2) is 43.7 Å². The van der Waals surface area contributed by atoms with Crippen molar-refractivity contribution in [1.29, 1.82) is 0 Å². The van der Waals surface area contributed by atoms with Gasteiger partial charge in [-0.1, -0.05) is 43.3 Å². The number of nitrogens with zero attached hydrogens (tertiary/aromatic N) is 2. The molecule has 27 heavy (non-hydrogen) atoms. The highest BCUT2D eigenvalue weighted by Gasteiger charge is 2.25. The molecule has 1 fully saturated rings. The lowest BCUT2D eigenvalue weighted by Gasteiger charge is -2.31. The molecule has 5 nitrogen and oxygen atoms in total. The maximum absolute atomic E-state index is 12.9. The molecular weight excluding hydrogens is 360 g/mol. The molecule has 2 aromatic carbocycles. The second kappa shape index (κ2) is 8.23. The van der Waals surface area contributed by atoms with Crippen molar-refractivity contribution in [3.63, 3.8) is 0 Å². The summed E-state index contributed by atoms with van der Waals surface area (Å²) in [5, 5.41) is 0. The van der Waals surface area contributed by atoms with Crippen LogP contribution in [0.3, 0.4) is 0 Å². The number of benzene rings is 2. The standard InChI is InChI=1S/C21H26N2O3S/c1-17-8-7-13-23(15-17)21(24)19-11-6-12-20(14-19)27(25,26)22(2)16-18-9-4-3-5-10-18/h3-6,9-12,14,17H,7-8,13,15-16H2,1-2H3. The third-order valence-corrected chi connectivity index (χ3v) is 6.78. The van der Waals surface area contributed by atoms with Crippen molar-refractivity contribution >= 4 is 15.9 Å². The van der Waals surface area contributed by atoms with Gasteiger partial charge in [0.15, 0.2) is 0 Å². The molecule has 144 valence electrons. The second-order valence-corrected chi connectivity index (χ2v) is 9.32. The largest absolute Gasteiger partial charge is 0.338 e. The molecule has 1 aliphatic heterocycles. The fourth-order valence-corrected chi connectivity index (χ4v) is 4.66. The van der Waals surface area contributed by atoms with Gasteiger partial charge in [-0.15, -0.1) is 0 Å². The Morgan fingerprint density at radius 2 is 1.89 bits per heavy atom. The lowest BCUT2D eigenvalue weighted by atomic mass is 9.99. The topological polar surface area (TPSA) is 57.7 Å². The Labute approximate surface area is 161 Å². The highest BCUT2D eigenvalue weighted by atomic mass is 32.2. The zero-order valence-corrected chi connectivity index (χ0v) is 16.7. The number of hydrogen-bond donors (Lipinski definition) is 0. The minimum absolute atomic E-state index is 0.0932. The Balaban J connectivity index is 1.80. The van der Waals surface area contributed by atoms with E-state index in [1.54, 1.807) is 25.2 Å². The van der Waals surface area contributed by atoms with Crippen LogP contribution in [-0.2, 0) is 16.6 Å². The molecule has 1 amide bonds. The normalized spacial score (nSPS) is 17.9. The van der Waals surface area contributed by atoms with Gasteiger partial charge in [0, 0.05) is 32.2 Å². The van der Waals surface area contributed by atoms with Crippen molar-refractivity contribution in [3.05, 3.63) is 65.7 Å². The van der Waals surface area contributed by atoms with Crippen molar-refractivity contribution in [3.8, 4) is 0 Å². The van der Waals surface area contributed by atoms with Crippen LogP contribution in [0.2, 0.25) is 0 Å². The van der Waals surface area contributed by atoms with Gasteiger partial charge in [0.2, 0.25) is 10.0 Å². The van der Waals surface area contributed by atoms with E-state index in [-0.39, 0.29) is 17.3 Å². The summed E-state index contributed by atoms with van der Waals surface area (Å²) in [6, 6.07) is 15.8. The summed E-state index contributed by atoms with van der Waals surface area (Å²) >= 11 is 0. The van der Waals surface area contributed by atoms with Gasteiger partial charge in [-0.3, -0.25) is 4.79 Å². The zero-order valence-electron chi connectivity index (χ0n) is 15.8. The quantitative estimate of drug-likeness (QED) is 0.792.